The van der Waals surface area contributed by atoms with Crippen LogP contribution in [0, 0.1) is 10.1 Å². The second kappa shape index (κ2) is 7.61. The summed E-state index contributed by atoms with van der Waals surface area (Å²) in [6, 6.07) is 22.5. The van der Waals surface area contributed by atoms with Crippen LogP contribution in [0.5, 0.6) is 0 Å². The van der Waals surface area contributed by atoms with Crippen molar-refractivity contribution in [1.82, 2.24) is 0 Å². The fourth-order valence-electron chi connectivity index (χ4n) is 2.52. The quantitative estimate of drug-likeness (QED) is 0.368. The molecule has 0 N–H and O–H groups in total. The van der Waals surface area contributed by atoms with E-state index in [4.69, 9.17) is 0 Å². The summed E-state index contributed by atoms with van der Waals surface area (Å²) in [6.07, 6.45) is 1.83. The van der Waals surface area contributed by atoms with E-state index in [9.17, 15) is 10.1 Å². The van der Waals surface area contributed by atoms with Gasteiger partial charge in [0.05, 0.1) is 10.6 Å². The zero-order valence-electron chi connectivity index (χ0n) is 14.7. The molecule has 0 radical (unpaired) electrons. The third-order valence-corrected chi connectivity index (χ3v) is 4.05. The van der Waals surface area contributed by atoms with Gasteiger partial charge in [-0.15, -0.1) is 0 Å². The van der Waals surface area contributed by atoms with Gasteiger partial charge < -0.3 is 4.90 Å². The van der Waals surface area contributed by atoms with Crippen molar-refractivity contribution in [1.29, 1.82) is 0 Å². The summed E-state index contributed by atoms with van der Waals surface area (Å²) >= 11 is 0. The second-order valence-electron chi connectivity index (χ2n) is 6.10. The number of benzene rings is 3. The van der Waals surface area contributed by atoms with E-state index in [1.165, 1.54) is 12.1 Å². The summed E-state index contributed by atoms with van der Waals surface area (Å²) < 4.78 is 0. The normalized spacial score (nSPS) is 10.8. The maximum absolute atomic E-state index is 10.7. The van der Waals surface area contributed by atoms with Crippen LogP contribution < -0.4 is 4.90 Å². The van der Waals surface area contributed by atoms with Crippen molar-refractivity contribution in [2.75, 3.05) is 19.0 Å². The molecule has 3 aromatic carbocycles. The molecule has 0 aromatic heterocycles. The molecule has 0 bridgehead atoms. The molecule has 0 amide bonds. The van der Waals surface area contributed by atoms with Crippen molar-refractivity contribution in [2.24, 2.45) is 4.99 Å². The van der Waals surface area contributed by atoms with Crippen LogP contribution in [0.3, 0.4) is 0 Å². The van der Waals surface area contributed by atoms with Gasteiger partial charge in [0.15, 0.2) is 0 Å². The Morgan fingerprint density at radius 3 is 1.88 bits per heavy atom. The Bertz CT molecular complexity index is 913. The van der Waals surface area contributed by atoms with Crippen molar-refractivity contribution in [3.05, 3.63) is 88.5 Å². The lowest BCUT2D eigenvalue weighted by Gasteiger charge is -2.11. The third kappa shape index (κ3) is 4.13. The Labute approximate surface area is 152 Å². The Hall–Kier alpha value is -3.47. The SMILES string of the molecule is CN(C)c1ccc(C=Nc2ccc(-c3ccc([N+](=O)[O-])cc3)cc2)cc1. The van der Waals surface area contributed by atoms with Gasteiger partial charge in [0.1, 0.15) is 0 Å². The van der Waals surface area contributed by atoms with Crippen LogP contribution in [0.4, 0.5) is 17.1 Å². The molecule has 0 spiro atoms. The minimum absolute atomic E-state index is 0.0928. The van der Waals surface area contributed by atoms with Gasteiger partial charge >= 0.3 is 0 Å². The number of hydrogen-bond donors (Lipinski definition) is 0. The van der Waals surface area contributed by atoms with Crippen LogP contribution in [-0.2, 0) is 0 Å². The lowest BCUT2D eigenvalue weighted by Crippen LogP contribution is -2.08. The second-order valence-corrected chi connectivity index (χ2v) is 6.10. The lowest BCUT2D eigenvalue weighted by atomic mass is 10.1. The maximum atomic E-state index is 10.7. The van der Waals surface area contributed by atoms with Gasteiger partial charge in [-0.05, 0) is 53.1 Å². The Kier molecular flexibility index (Phi) is 5.08. The van der Waals surface area contributed by atoms with Crippen molar-refractivity contribution in [2.45, 2.75) is 0 Å². The molecule has 0 aliphatic rings. The smallest absolute Gasteiger partial charge is 0.269 e. The number of anilines is 1. The molecular formula is C21H19N3O2. The van der Waals surface area contributed by atoms with Crippen molar-refractivity contribution in [3.8, 4) is 11.1 Å². The molecule has 130 valence electrons. The lowest BCUT2D eigenvalue weighted by molar-refractivity contribution is -0.384. The first kappa shape index (κ1) is 17.4. The molecule has 5 nitrogen and oxygen atoms in total. The minimum atomic E-state index is -0.396. The van der Waals surface area contributed by atoms with Crippen molar-refractivity contribution >= 4 is 23.3 Å². The van der Waals surface area contributed by atoms with E-state index in [2.05, 4.69) is 22.0 Å². The molecule has 3 aromatic rings. The Balaban J connectivity index is 1.71. The van der Waals surface area contributed by atoms with Gasteiger partial charge in [-0.25, -0.2) is 0 Å². The van der Waals surface area contributed by atoms with Crippen LogP contribution in [-0.4, -0.2) is 25.2 Å². The van der Waals surface area contributed by atoms with Crippen LogP contribution in [0.25, 0.3) is 11.1 Å². The van der Waals surface area contributed by atoms with E-state index >= 15 is 0 Å². The number of rotatable bonds is 5. The molecular weight excluding hydrogens is 326 g/mol. The van der Waals surface area contributed by atoms with Crippen LogP contribution in [0.2, 0.25) is 0 Å². The maximum Gasteiger partial charge on any atom is 0.269 e. The fraction of sp³-hybridized carbons (Fsp3) is 0.0952. The standard InChI is InChI=1S/C21H19N3O2/c1-23(2)20-11-3-16(4-12-20)15-22-19-9-5-17(6-10-19)18-7-13-21(14-8-18)24(25)26/h3-15H,1-2H3. The number of non-ortho nitro benzene ring substituents is 1. The zero-order chi connectivity index (χ0) is 18.5. The molecule has 0 aliphatic carbocycles. The van der Waals surface area contributed by atoms with Gasteiger partial charge in [-0.1, -0.05) is 24.3 Å². The van der Waals surface area contributed by atoms with E-state index < -0.39 is 4.92 Å². The molecule has 0 aliphatic heterocycles. The highest BCUT2D eigenvalue weighted by molar-refractivity contribution is 5.82. The first-order valence-electron chi connectivity index (χ1n) is 8.19. The average molecular weight is 345 g/mol. The zero-order valence-corrected chi connectivity index (χ0v) is 14.7. The van der Waals surface area contributed by atoms with E-state index in [0.717, 1.165) is 28.1 Å². The average Bonchev–Trinajstić information content (AvgIpc) is 2.67. The van der Waals surface area contributed by atoms with Crippen LogP contribution >= 0.6 is 0 Å². The van der Waals surface area contributed by atoms with E-state index in [0.29, 0.717) is 0 Å². The number of nitro benzene ring substituents is 1. The molecule has 0 atom stereocenters. The van der Waals surface area contributed by atoms with Crippen LogP contribution in [0.1, 0.15) is 5.56 Å². The summed E-state index contributed by atoms with van der Waals surface area (Å²) in [5.74, 6) is 0. The molecule has 26 heavy (non-hydrogen) atoms. The number of nitrogens with zero attached hydrogens (tertiary/aromatic N) is 3. The third-order valence-electron chi connectivity index (χ3n) is 4.05. The molecule has 0 unspecified atom stereocenters. The first-order valence-corrected chi connectivity index (χ1v) is 8.19. The Morgan fingerprint density at radius 2 is 1.38 bits per heavy atom. The predicted molar refractivity (Wildman–Crippen MR) is 107 cm³/mol. The summed E-state index contributed by atoms with van der Waals surface area (Å²) in [5.41, 5.74) is 5.06. The highest BCUT2D eigenvalue weighted by Gasteiger charge is 2.05. The number of nitro groups is 1. The highest BCUT2D eigenvalue weighted by Crippen LogP contribution is 2.24. The van der Waals surface area contributed by atoms with Gasteiger partial charge in [0, 0.05) is 38.1 Å². The van der Waals surface area contributed by atoms with E-state index in [1.807, 2.05) is 56.7 Å². The van der Waals surface area contributed by atoms with E-state index in [1.54, 1.807) is 12.1 Å². The molecule has 0 fully saturated rings. The largest absolute Gasteiger partial charge is 0.378 e. The fourth-order valence-corrected chi connectivity index (χ4v) is 2.52. The summed E-state index contributed by atoms with van der Waals surface area (Å²) in [4.78, 5) is 16.9. The van der Waals surface area contributed by atoms with Crippen LogP contribution in [0.15, 0.2) is 77.8 Å². The topological polar surface area (TPSA) is 58.7 Å². The highest BCUT2D eigenvalue weighted by atomic mass is 16.6. The number of aliphatic imine (C=N–C) groups is 1. The van der Waals surface area contributed by atoms with Gasteiger partial charge in [-0.2, -0.15) is 0 Å². The summed E-state index contributed by atoms with van der Waals surface area (Å²) in [7, 11) is 4.02. The van der Waals surface area contributed by atoms with Gasteiger partial charge in [0.2, 0.25) is 0 Å². The first-order chi connectivity index (χ1) is 12.5. The van der Waals surface area contributed by atoms with Crippen molar-refractivity contribution < 1.29 is 4.92 Å². The number of hydrogen-bond acceptors (Lipinski definition) is 4. The summed E-state index contributed by atoms with van der Waals surface area (Å²) in [6.45, 7) is 0. The van der Waals surface area contributed by atoms with E-state index in [-0.39, 0.29) is 5.69 Å². The monoisotopic (exact) mass is 345 g/mol. The van der Waals surface area contributed by atoms with Crippen molar-refractivity contribution in [3.63, 3.8) is 0 Å². The molecule has 0 saturated carbocycles. The molecule has 0 heterocycles. The molecule has 5 heteroatoms. The van der Waals surface area contributed by atoms with Gasteiger partial charge in [-0.3, -0.25) is 15.1 Å². The predicted octanol–water partition coefficient (Wildman–Crippen LogP) is 5.08. The Morgan fingerprint density at radius 1 is 0.846 bits per heavy atom. The minimum Gasteiger partial charge on any atom is -0.378 e. The summed E-state index contributed by atoms with van der Waals surface area (Å²) in [5, 5.41) is 10.7. The molecule has 3 rings (SSSR count). The molecule has 0 saturated heterocycles. The van der Waals surface area contributed by atoms with Gasteiger partial charge in [0.25, 0.3) is 5.69 Å².